The number of ether oxygens (including phenoxy) is 3. The van der Waals surface area contributed by atoms with Crippen LogP contribution >= 0.6 is 11.8 Å². The zero-order valence-corrected chi connectivity index (χ0v) is 20.1. The summed E-state index contributed by atoms with van der Waals surface area (Å²) in [6.45, 7) is 0.430. The number of hydrogen-bond donors (Lipinski definition) is 2. The molecule has 2 N–H and O–H groups in total. The number of carboxylic acid groups (broad SMARTS) is 1. The fraction of sp³-hybridized carbons (Fsp3) is 0.417. The maximum absolute atomic E-state index is 13.3. The second kappa shape index (κ2) is 11.2. The lowest BCUT2D eigenvalue weighted by Crippen LogP contribution is -2.51. The van der Waals surface area contributed by atoms with Crippen LogP contribution in [0.25, 0.3) is 0 Å². The molecule has 0 fully saturated rings. The highest BCUT2D eigenvalue weighted by Gasteiger charge is 2.35. The topological polar surface area (TPSA) is 97.3 Å². The Morgan fingerprint density at radius 1 is 1.12 bits per heavy atom. The summed E-state index contributed by atoms with van der Waals surface area (Å²) in [4.78, 5) is 26.7. The Kier molecular flexibility index (Phi) is 8.32. The molecule has 2 aromatic carbocycles. The van der Waals surface area contributed by atoms with E-state index in [9.17, 15) is 14.7 Å². The van der Waals surface area contributed by atoms with Gasteiger partial charge in [-0.3, -0.25) is 0 Å². The molecule has 0 radical (unpaired) electrons. The van der Waals surface area contributed by atoms with Crippen LogP contribution in [0.3, 0.4) is 0 Å². The molecule has 0 spiro atoms. The SMILES string of the molecule is COc1ccc(C2c3cc(OC)c(OC)cc3CCN2C(=O)NC(CCSC)C(=O)O)cc1. The van der Waals surface area contributed by atoms with Gasteiger partial charge in [0.2, 0.25) is 0 Å². The minimum atomic E-state index is -1.04. The predicted octanol–water partition coefficient (Wildman–Crippen LogP) is 3.58. The first kappa shape index (κ1) is 24.6. The Morgan fingerprint density at radius 3 is 2.36 bits per heavy atom. The van der Waals surface area contributed by atoms with E-state index in [1.165, 1.54) is 0 Å². The maximum atomic E-state index is 13.3. The zero-order valence-electron chi connectivity index (χ0n) is 19.3. The first-order valence-electron chi connectivity index (χ1n) is 10.6. The lowest BCUT2D eigenvalue weighted by Gasteiger charge is -2.38. The Morgan fingerprint density at radius 2 is 1.79 bits per heavy atom. The van der Waals surface area contributed by atoms with E-state index in [-0.39, 0.29) is 0 Å². The van der Waals surface area contributed by atoms with Crippen molar-refractivity contribution in [3.8, 4) is 17.2 Å². The molecule has 33 heavy (non-hydrogen) atoms. The van der Waals surface area contributed by atoms with Gasteiger partial charge in [-0.25, -0.2) is 9.59 Å². The summed E-state index contributed by atoms with van der Waals surface area (Å²) in [5, 5.41) is 12.3. The van der Waals surface area contributed by atoms with Gasteiger partial charge in [0.25, 0.3) is 0 Å². The number of carbonyl (C=O) groups is 2. The van der Waals surface area contributed by atoms with Crippen molar-refractivity contribution in [2.24, 2.45) is 0 Å². The summed E-state index contributed by atoms with van der Waals surface area (Å²) in [5.74, 6) is 1.51. The first-order valence-corrected chi connectivity index (χ1v) is 12.0. The second-order valence-electron chi connectivity index (χ2n) is 7.65. The highest BCUT2D eigenvalue weighted by molar-refractivity contribution is 7.98. The number of nitrogens with one attached hydrogen (secondary N) is 1. The largest absolute Gasteiger partial charge is 0.497 e. The number of nitrogens with zero attached hydrogens (tertiary/aromatic N) is 1. The standard InChI is InChI=1S/C24H30N2O6S/c1-30-17-7-5-15(6-8-17)22-18-14-21(32-3)20(31-2)13-16(18)9-11-26(22)24(29)25-19(23(27)28)10-12-33-4/h5-8,13-14,19,22H,9-12H2,1-4H3,(H,25,29)(H,27,28). The molecule has 178 valence electrons. The van der Waals surface area contributed by atoms with Gasteiger partial charge in [-0.15, -0.1) is 0 Å². The van der Waals surface area contributed by atoms with Crippen molar-refractivity contribution in [2.75, 3.05) is 39.9 Å². The van der Waals surface area contributed by atoms with E-state index in [0.717, 1.165) is 16.7 Å². The normalized spacial score (nSPS) is 15.9. The number of hydrogen-bond acceptors (Lipinski definition) is 6. The average Bonchev–Trinajstić information content (AvgIpc) is 2.84. The van der Waals surface area contributed by atoms with Crippen LogP contribution in [0, 0.1) is 0 Å². The van der Waals surface area contributed by atoms with Gasteiger partial charge in [0, 0.05) is 6.54 Å². The molecule has 8 nitrogen and oxygen atoms in total. The van der Waals surface area contributed by atoms with Gasteiger partial charge >= 0.3 is 12.0 Å². The van der Waals surface area contributed by atoms with Crippen LogP contribution in [0.1, 0.15) is 29.2 Å². The van der Waals surface area contributed by atoms with Crippen LogP contribution in [0.15, 0.2) is 36.4 Å². The van der Waals surface area contributed by atoms with Crippen LogP contribution in [0.5, 0.6) is 17.2 Å². The fourth-order valence-corrected chi connectivity index (χ4v) is 4.51. The first-order chi connectivity index (χ1) is 15.9. The van der Waals surface area contributed by atoms with Gasteiger partial charge in [-0.2, -0.15) is 11.8 Å². The van der Waals surface area contributed by atoms with Gasteiger partial charge in [-0.1, -0.05) is 12.1 Å². The van der Waals surface area contributed by atoms with Gasteiger partial charge < -0.3 is 29.5 Å². The number of carbonyl (C=O) groups excluding carboxylic acids is 1. The molecule has 2 atom stereocenters. The van der Waals surface area contributed by atoms with Crippen LogP contribution < -0.4 is 19.5 Å². The lowest BCUT2D eigenvalue weighted by molar-refractivity contribution is -0.139. The number of benzene rings is 2. The molecule has 9 heteroatoms. The predicted molar refractivity (Wildman–Crippen MR) is 128 cm³/mol. The number of amides is 2. The summed E-state index contributed by atoms with van der Waals surface area (Å²) in [6.07, 6.45) is 2.87. The van der Waals surface area contributed by atoms with Crippen LogP contribution in [0.2, 0.25) is 0 Å². The number of thioether (sulfide) groups is 1. The third-order valence-corrected chi connectivity index (χ3v) is 6.42. The molecule has 0 bridgehead atoms. The van der Waals surface area contributed by atoms with E-state index in [4.69, 9.17) is 14.2 Å². The molecular weight excluding hydrogens is 444 g/mol. The van der Waals surface area contributed by atoms with Crippen molar-refractivity contribution in [3.63, 3.8) is 0 Å². The van der Waals surface area contributed by atoms with Gasteiger partial charge in [0.05, 0.1) is 27.4 Å². The van der Waals surface area contributed by atoms with E-state index in [1.807, 2.05) is 42.7 Å². The van der Waals surface area contributed by atoms with Crippen molar-refractivity contribution in [1.29, 1.82) is 0 Å². The van der Waals surface area contributed by atoms with Gasteiger partial charge in [0.1, 0.15) is 11.8 Å². The van der Waals surface area contributed by atoms with Crippen LogP contribution in [0.4, 0.5) is 4.79 Å². The molecule has 1 heterocycles. The summed E-state index contributed by atoms with van der Waals surface area (Å²) in [7, 11) is 4.76. The molecule has 1 aliphatic rings. The quantitative estimate of drug-likeness (QED) is 0.573. The summed E-state index contributed by atoms with van der Waals surface area (Å²) >= 11 is 1.54. The van der Waals surface area contributed by atoms with E-state index < -0.39 is 24.1 Å². The van der Waals surface area contributed by atoms with E-state index >= 15 is 0 Å². The monoisotopic (exact) mass is 474 g/mol. The number of methoxy groups -OCH3 is 3. The molecule has 0 aromatic heterocycles. The van der Waals surface area contributed by atoms with Crippen molar-refractivity contribution in [3.05, 3.63) is 53.1 Å². The van der Waals surface area contributed by atoms with E-state index in [0.29, 0.717) is 42.4 Å². The fourth-order valence-electron chi connectivity index (χ4n) is 4.04. The van der Waals surface area contributed by atoms with Crippen LogP contribution in [-0.2, 0) is 11.2 Å². The lowest BCUT2D eigenvalue weighted by atomic mass is 9.87. The number of carboxylic acids is 1. The molecule has 3 rings (SSSR count). The second-order valence-corrected chi connectivity index (χ2v) is 8.63. The van der Waals surface area contributed by atoms with E-state index in [1.54, 1.807) is 38.0 Å². The smallest absolute Gasteiger partial charge is 0.326 e. The Labute approximate surface area is 198 Å². The minimum absolute atomic E-state index is 0.352. The Hall–Kier alpha value is -3.07. The highest BCUT2D eigenvalue weighted by Crippen LogP contribution is 2.41. The maximum Gasteiger partial charge on any atom is 0.326 e. The van der Waals surface area contributed by atoms with Crippen molar-refractivity contribution in [2.45, 2.75) is 24.9 Å². The zero-order chi connectivity index (χ0) is 24.0. The van der Waals surface area contributed by atoms with Crippen molar-refractivity contribution >= 4 is 23.8 Å². The third-order valence-electron chi connectivity index (χ3n) is 5.77. The molecular formula is C24H30N2O6S. The molecule has 1 aliphatic heterocycles. The third kappa shape index (κ3) is 5.47. The summed E-state index contributed by atoms with van der Waals surface area (Å²) in [5.41, 5.74) is 2.85. The van der Waals surface area contributed by atoms with Crippen molar-refractivity contribution < 1.29 is 28.9 Å². The minimum Gasteiger partial charge on any atom is -0.497 e. The molecule has 0 aliphatic carbocycles. The van der Waals surface area contributed by atoms with Gasteiger partial charge in [-0.05, 0) is 65.8 Å². The molecule has 2 unspecified atom stereocenters. The summed E-state index contributed by atoms with van der Waals surface area (Å²) < 4.78 is 16.3. The summed E-state index contributed by atoms with van der Waals surface area (Å²) in [6, 6.07) is 9.57. The Balaban J connectivity index is 2.02. The highest BCUT2D eigenvalue weighted by atomic mass is 32.2. The molecule has 0 saturated carbocycles. The molecule has 0 saturated heterocycles. The number of rotatable bonds is 9. The number of aliphatic carboxylic acids is 1. The molecule has 2 amide bonds. The van der Waals surface area contributed by atoms with Crippen LogP contribution in [-0.4, -0.2) is 67.9 Å². The molecule has 2 aromatic rings. The van der Waals surface area contributed by atoms with Gasteiger partial charge in [0.15, 0.2) is 11.5 Å². The number of fused-ring (bicyclic) bond motifs is 1. The Bertz CT molecular complexity index is 982. The van der Waals surface area contributed by atoms with E-state index in [2.05, 4.69) is 5.32 Å². The van der Waals surface area contributed by atoms with Crippen molar-refractivity contribution in [1.82, 2.24) is 10.2 Å². The average molecular weight is 475 g/mol. The number of urea groups is 1.